The second kappa shape index (κ2) is 7.92. The first kappa shape index (κ1) is 12.3. The van der Waals surface area contributed by atoms with Gasteiger partial charge in [0, 0.05) is 19.4 Å². The number of rotatable bonds is 8. The Morgan fingerprint density at radius 3 is 2.23 bits per heavy atom. The van der Waals surface area contributed by atoms with E-state index in [-0.39, 0.29) is 24.6 Å². The lowest BCUT2D eigenvalue weighted by atomic mass is 10.1. The van der Waals surface area contributed by atoms with Crippen LogP contribution in [0.1, 0.15) is 45.4 Å². The van der Waals surface area contributed by atoms with E-state index in [1.807, 2.05) is 6.92 Å². The lowest BCUT2D eigenvalue weighted by Gasteiger charge is -1.98. The number of carbonyl (C=O) groups is 2. The van der Waals surface area contributed by atoms with E-state index in [0.29, 0.717) is 25.7 Å². The van der Waals surface area contributed by atoms with Crippen LogP contribution in [0.4, 0.5) is 0 Å². The number of aliphatic hydroxyl groups is 1. The molecule has 0 aliphatic heterocycles. The number of hydrogen-bond acceptors (Lipinski definition) is 3. The van der Waals surface area contributed by atoms with Crippen LogP contribution in [0.3, 0.4) is 0 Å². The molecular formula is C10H18O3. The molecule has 1 N–H and O–H groups in total. The molecule has 0 aromatic heterocycles. The van der Waals surface area contributed by atoms with Gasteiger partial charge in [-0.2, -0.15) is 0 Å². The van der Waals surface area contributed by atoms with E-state index in [9.17, 15) is 9.59 Å². The van der Waals surface area contributed by atoms with E-state index in [2.05, 4.69) is 0 Å². The molecule has 0 saturated heterocycles. The van der Waals surface area contributed by atoms with Gasteiger partial charge in [-0.15, -0.1) is 0 Å². The summed E-state index contributed by atoms with van der Waals surface area (Å²) < 4.78 is 0. The van der Waals surface area contributed by atoms with E-state index in [1.54, 1.807) is 0 Å². The van der Waals surface area contributed by atoms with E-state index < -0.39 is 0 Å². The Labute approximate surface area is 79.1 Å². The first-order valence-corrected chi connectivity index (χ1v) is 4.85. The van der Waals surface area contributed by atoms with Crippen LogP contribution in [0.5, 0.6) is 0 Å². The van der Waals surface area contributed by atoms with Crippen LogP contribution in [-0.4, -0.2) is 23.3 Å². The van der Waals surface area contributed by atoms with Crippen molar-refractivity contribution in [2.75, 3.05) is 6.61 Å². The van der Waals surface area contributed by atoms with Crippen LogP contribution in [0.2, 0.25) is 0 Å². The molecule has 0 rings (SSSR count). The fourth-order valence-corrected chi connectivity index (χ4v) is 1.11. The summed E-state index contributed by atoms with van der Waals surface area (Å²) in [5.74, 6) is 0.0448. The molecule has 0 unspecified atom stereocenters. The molecule has 0 amide bonds. The predicted molar refractivity (Wildman–Crippen MR) is 50.5 cm³/mol. The minimum absolute atomic E-state index is 0.00639. The maximum Gasteiger partial charge on any atom is 0.140 e. The van der Waals surface area contributed by atoms with Crippen LogP contribution in [-0.2, 0) is 9.59 Å². The third-order valence-corrected chi connectivity index (χ3v) is 1.79. The molecule has 0 atom stereocenters. The smallest absolute Gasteiger partial charge is 0.140 e. The van der Waals surface area contributed by atoms with Crippen LogP contribution in [0.15, 0.2) is 0 Å². The average Bonchev–Trinajstić information content (AvgIpc) is 2.05. The van der Waals surface area contributed by atoms with Crippen molar-refractivity contribution in [1.29, 1.82) is 0 Å². The van der Waals surface area contributed by atoms with Gasteiger partial charge in [0.15, 0.2) is 0 Å². The van der Waals surface area contributed by atoms with Gasteiger partial charge in [0.25, 0.3) is 0 Å². The molecule has 0 bridgehead atoms. The highest BCUT2D eigenvalue weighted by Crippen LogP contribution is 2.02. The van der Waals surface area contributed by atoms with Gasteiger partial charge in [0.05, 0.1) is 6.42 Å². The van der Waals surface area contributed by atoms with Crippen LogP contribution < -0.4 is 0 Å². The van der Waals surface area contributed by atoms with Crippen molar-refractivity contribution in [2.24, 2.45) is 0 Å². The molecule has 0 aliphatic carbocycles. The largest absolute Gasteiger partial charge is 0.396 e. The Hall–Kier alpha value is -0.700. The van der Waals surface area contributed by atoms with Crippen LogP contribution in [0.25, 0.3) is 0 Å². The third kappa shape index (κ3) is 7.65. The van der Waals surface area contributed by atoms with Crippen molar-refractivity contribution < 1.29 is 14.7 Å². The Morgan fingerprint density at radius 1 is 1.08 bits per heavy atom. The molecule has 0 aromatic carbocycles. The van der Waals surface area contributed by atoms with Crippen molar-refractivity contribution >= 4 is 11.6 Å². The number of ketones is 2. The first-order valence-electron chi connectivity index (χ1n) is 4.85. The third-order valence-electron chi connectivity index (χ3n) is 1.79. The Bertz CT molecular complexity index is 164. The number of hydrogen-bond donors (Lipinski definition) is 1. The Morgan fingerprint density at radius 2 is 1.69 bits per heavy atom. The second-order valence-corrected chi connectivity index (χ2v) is 3.18. The van der Waals surface area contributed by atoms with Crippen LogP contribution >= 0.6 is 0 Å². The molecule has 0 radical (unpaired) electrons. The molecule has 0 aromatic rings. The fourth-order valence-electron chi connectivity index (χ4n) is 1.11. The van der Waals surface area contributed by atoms with Gasteiger partial charge in [0.1, 0.15) is 11.6 Å². The summed E-state index contributed by atoms with van der Waals surface area (Å²) in [7, 11) is 0. The van der Waals surface area contributed by atoms with Crippen molar-refractivity contribution in [3.63, 3.8) is 0 Å². The molecule has 0 spiro atoms. The zero-order valence-electron chi connectivity index (χ0n) is 8.21. The Balaban J connectivity index is 3.44. The van der Waals surface area contributed by atoms with Gasteiger partial charge in [-0.05, 0) is 19.3 Å². The van der Waals surface area contributed by atoms with Crippen molar-refractivity contribution in [3.05, 3.63) is 0 Å². The summed E-state index contributed by atoms with van der Waals surface area (Å²) in [6, 6.07) is 0. The predicted octanol–water partition coefficient (Wildman–Crippen LogP) is 1.48. The molecule has 3 heteroatoms. The summed E-state index contributed by atoms with van der Waals surface area (Å²) in [5, 5.41) is 8.47. The monoisotopic (exact) mass is 186 g/mol. The highest BCUT2D eigenvalue weighted by molar-refractivity contribution is 5.98. The van der Waals surface area contributed by atoms with Crippen molar-refractivity contribution in [1.82, 2.24) is 0 Å². The van der Waals surface area contributed by atoms with Gasteiger partial charge in [-0.25, -0.2) is 0 Å². The van der Waals surface area contributed by atoms with E-state index in [1.165, 1.54) is 0 Å². The molecule has 0 fully saturated rings. The molecule has 76 valence electrons. The minimum atomic E-state index is 0.00639. The number of carbonyl (C=O) groups excluding carboxylic acids is 2. The molecule has 3 nitrogen and oxygen atoms in total. The normalized spacial score (nSPS) is 10.0. The summed E-state index contributed by atoms with van der Waals surface area (Å²) in [6.07, 6.45) is 3.16. The summed E-state index contributed by atoms with van der Waals surface area (Å²) in [4.78, 5) is 22.1. The highest BCUT2D eigenvalue weighted by atomic mass is 16.3. The number of Topliss-reactive ketones (excluding diaryl/α,β-unsaturated/α-hetero) is 2. The first-order chi connectivity index (χ1) is 6.20. The van der Waals surface area contributed by atoms with Gasteiger partial charge in [-0.3, -0.25) is 9.59 Å². The summed E-state index contributed by atoms with van der Waals surface area (Å²) >= 11 is 0. The second-order valence-electron chi connectivity index (χ2n) is 3.18. The zero-order chi connectivity index (χ0) is 10.1. The van der Waals surface area contributed by atoms with Gasteiger partial charge in [0.2, 0.25) is 0 Å². The topological polar surface area (TPSA) is 54.4 Å². The Kier molecular flexibility index (Phi) is 7.50. The molecular weight excluding hydrogens is 168 g/mol. The lowest BCUT2D eigenvalue weighted by Crippen LogP contribution is -2.07. The maximum atomic E-state index is 11.1. The molecule has 0 saturated carbocycles. The van der Waals surface area contributed by atoms with E-state index in [0.717, 1.165) is 6.42 Å². The highest BCUT2D eigenvalue weighted by Gasteiger charge is 2.07. The SMILES string of the molecule is CCCC(=O)CC(=O)CCCCO. The molecule has 13 heavy (non-hydrogen) atoms. The van der Waals surface area contributed by atoms with Crippen LogP contribution in [0, 0.1) is 0 Å². The van der Waals surface area contributed by atoms with E-state index in [4.69, 9.17) is 5.11 Å². The van der Waals surface area contributed by atoms with Gasteiger partial charge in [-0.1, -0.05) is 6.92 Å². The number of aliphatic hydroxyl groups excluding tert-OH is 1. The van der Waals surface area contributed by atoms with Gasteiger partial charge >= 0.3 is 0 Å². The van der Waals surface area contributed by atoms with Gasteiger partial charge < -0.3 is 5.11 Å². The number of unbranched alkanes of at least 4 members (excludes halogenated alkanes) is 1. The zero-order valence-corrected chi connectivity index (χ0v) is 8.21. The molecule has 0 heterocycles. The quantitative estimate of drug-likeness (QED) is 0.461. The van der Waals surface area contributed by atoms with Crippen molar-refractivity contribution in [2.45, 2.75) is 45.4 Å². The lowest BCUT2D eigenvalue weighted by molar-refractivity contribution is -0.127. The van der Waals surface area contributed by atoms with Crippen molar-refractivity contribution in [3.8, 4) is 0 Å². The summed E-state index contributed by atoms with van der Waals surface area (Å²) in [6.45, 7) is 2.05. The summed E-state index contributed by atoms with van der Waals surface area (Å²) in [5.41, 5.74) is 0. The van der Waals surface area contributed by atoms with E-state index >= 15 is 0 Å². The minimum Gasteiger partial charge on any atom is -0.396 e. The molecule has 0 aliphatic rings. The standard InChI is InChI=1S/C10H18O3/c1-2-5-9(12)8-10(13)6-3-4-7-11/h11H,2-8H2,1H3. The average molecular weight is 186 g/mol. The fraction of sp³-hybridized carbons (Fsp3) is 0.800. The maximum absolute atomic E-state index is 11.1.